The molecule has 0 spiro atoms. The first kappa shape index (κ1) is 46.3. The van der Waals surface area contributed by atoms with Crippen molar-refractivity contribution >= 4 is 35.2 Å². The molecule has 5 N–H and O–H groups in total. The number of nitro groups is 2. The molecule has 0 fully saturated rings. The minimum atomic E-state index is -5.75. The Hall–Kier alpha value is -5.72. The van der Waals surface area contributed by atoms with Crippen molar-refractivity contribution < 1.29 is 54.4 Å². The summed E-state index contributed by atoms with van der Waals surface area (Å²) in [7, 11) is 0. The summed E-state index contributed by atoms with van der Waals surface area (Å²) in [6.45, 7) is 3.77. The number of nitrogens with two attached hydrogens (primary N) is 2. The Morgan fingerprint density at radius 1 is 0.846 bits per heavy atom. The van der Waals surface area contributed by atoms with Crippen molar-refractivity contribution in [2.24, 2.45) is 5.84 Å². The van der Waals surface area contributed by atoms with Crippen LogP contribution in [0.5, 0.6) is 5.75 Å². The van der Waals surface area contributed by atoms with Gasteiger partial charge in [0.05, 0.1) is 15.5 Å². The maximum atomic E-state index is 12.4. The largest absolute Gasteiger partial charge is 1.00 e. The van der Waals surface area contributed by atoms with E-state index in [0.717, 1.165) is 28.9 Å². The molecule has 0 unspecified atom stereocenters. The van der Waals surface area contributed by atoms with Gasteiger partial charge < -0.3 is 22.6 Å². The molecule has 0 aliphatic carbocycles. The molecule has 4 aromatic carbocycles. The highest BCUT2D eigenvalue weighted by atomic mass is 35.5. The number of aryl methyl sites for hydroxylation is 1. The van der Waals surface area contributed by atoms with E-state index in [1.165, 1.54) is 42.0 Å². The predicted molar refractivity (Wildman–Crippen MR) is 183 cm³/mol. The van der Waals surface area contributed by atoms with Gasteiger partial charge >= 0.3 is 12.3 Å². The number of rotatable bonds is 8. The van der Waals surface area contributed by atoms with E-state index in [1.807, 2.05) is 31.2 Å². The van der Waals surface area contributed by atoms with Crippen LogP contribution in [0.25, 0.3) is 17.1 Å². The molecule has 1 heterocycles. The number of hydrogen-bond donors (Lipinski definition) is 3. The van der Waals surface area contributed by atoms with Gasteiger partial charge in [-0.2, -0.15) is 22.0 Å². The second kappa shape index (κ2) is 20.2. The average Bonchev–Trinajstić information content (AvgIpc) is 3.56. The molecule has 0 bridgehead atoms. The molecule has 0 amide bonds. The summed E-state index contributed by atoms with van der Waals surface area (Å²) in [5, 5.41) is 30.8. The molecule has 0 saturated heterocycles. The number of alkyl halides is 5. The summed E-state index contributed by atoms with van der Waals surface area (Å²) in [5.74, 6) is 4.90. The summed E-state index contributed by atoms with van der Waals surface area (Å²) in [5.41, 5.74) is 6.98. The summed E-state index contributed by atoms with van der Waals surface area (Å²) in [4.78, 5) is 24.3. The first-order chi connectivity index (χ1) is 23.0. The molecular weight excluding hydrogens is 742 g/mol. The topological polar surface area (TPSA) is 190 Å². The lowest BCUT2D eigenvalue weighted by molar-refractivity contribution is -0.385. The van der Waals surface area contributed by atoms with Gasteiger partial charge in [-0.15, -0.1) is 17.5 Å². The number of nitrogens with one attached hydrogen (secondary N) is 1. The Morgan fingerprint density at radius 3 is 1.75 bits per heavy atom. The molecule has 0 radical (unpaired) electrons. The van der Waals surface area contributed by atoms with E-state index in [-0.39, 0.29) is 43.6 Å². The Bertz CT molecular complexity index is 1850. The van der Waals surface area contributed by atoms with Crippen molar-refractivity contribution in [2.75, 3.05) is 5.43 Å². The number of hydrazine groups is 1. The van der Waals surface area contributed by atoms with Gasteiger partial charge in [0.1, 0.15) is 12.1 Å². The van der Waals surface area contributed by atoms with Crippen LogP contribution in [0.15, 0.2) is 103 Å². The monoisotopic (exact) mass is 774 g/mol. The zero-order chi connectivity index (χ0) is 36.4. The number of ether oxygens (including phenoxy) is 1. The molecule has 5 rings (SSSR count). The Kier molecular flexibility index (Phi) is 18.0. The van der Waals surface area contributed by atoms with Crippen molar-refractivity contribution in [3.8, 4) is 22.8 Å². The maximum Gasteiger partial charge on any atom is 0.499 e. The zero-order valence-electron chi connectivity index (χ0n) is 26.4. The Morgan fingerprint density at radius 2 is 1.33 bits per heavy atom. The van der Waals surface area contributed by atoms with Crippen LogP contribution in [-0.4, -0.2) is 42.6 Å². The summed E-state index contributed by atoms with van der Waals surface area (Å²) in [6.07, 6.45) is -9.34. The van der Waals surface area contributed by atoms with Gasteiger partial charge in [0.2, 0.25) is 0 Å². The lowest BCUT2D eigenvalue weighted by atomic mass is 10.1. The van der Waals surface area contributed by atoms with E-state index < -0.39 is 27.9 Å². The molecule has 20 heteroatoms. The van der Waals surface area contributed by atoms with Crippen molar-refractivity contribution in [3.05, 3.63) is 135 Å². The van der Waals surface area contributed by atoms with Gasteiger partial charge in [-0.3, -0.25) is 31.5 Å². The lowest BCUT2D eigenvalue weighted by Gasteiger charge is -2.20. The van der Waals surface area contributed by atoms with Gasteiger partial charge in [0, 0.05) is 48.0 Å². The third-order valence-corrected chi connectivity index (χ3v) is 6.26. The number of aromatic nitrogens is 3. The summed E-state index contributed by atoms with van der Waals surface area (Å²) < 4.78 is 65.3. The molecule has 52 heavy (non-hydrogen) atoms. The third-order valence-electron chi connectivity index (χ3n) is 6.26. The van der Waals surface area contributed by atoms with E-state index in [0.29, 0.717) is 17.2 Å². The Balaban J connectivity index is 0.000000758. The number of nitrogens with zero attached hydrogens (tertiary/aromatic N) is 5. The Labute approximate surface area is 306 Å². The number of hydrogen-bond acceptors (Lipinski definition) is 9. The van der Waals surface area contributed by atoms with Crippen LogP contribution in [0.2, 0.25) is 0 Å². The van der Waals surface area contributed by atoms with Gasteiger partial charge in [-0.25, -0.2) is 9.67 Å². The van der Waals surface area contributed by atoms with Crippen LogP contribution in [0.4, 0.5) is 39.0 Å². The predicted octanol–water partition coefficient (Wildman–Crippen LogP) is 3.88. The molecular formula is C32H33Cl2F5N8O5. The van der Waals surface area contributed by atoms with Crippen LogP contribution in [-0.2, 0) is 0 Å². The quantitative estimate of drug-likeness (QED) is 0.0691. The first-order valence-corrected chi connectivity index (χ1v) is 13.8. The highest BCUT2D eigenvalue weighted by molar-refractivity contribution is 5.93. The second-order valence-electron chi connectivity index (χ2n) is 9.92. The van der Waals surface area contributed by atoms with Crippen LogP contribution < -0.4 is 33.8 Å². The minimum Gasteiger partial charge on any atom is -1.00 e. The van der Waals surface area contributed by atoms with Crippen molar-refractivity contribution in [3.63, 3.8) is 0 Å². The second-order valence-corrected chi connectivity index (χ2v) is 9.92. The van der Waals surface area contributed by atoms with Crippen LogP contribution >= 0.6 is 12.4 Å². The SMILES string of the molecule is C.CC(=[NH2+])c1ccc([N+](=O)[O-])cc1.Cc1ccc(-n2cnc(-c3ccc([N+](=O)[O-])cc3)n2)cc1.Cl.NNc1ccc(OC(F)(F)C(F)(F)F)cc1.[Cl-]. The number of halogens is 7. The highest BCUT2D eigenvalue weighted by Gasteiger charge is 2.61. The molecule has 0 aliphatic heterocycles. The van der Waals surface area contributed by atoms with E-state index in [9.17, 15) is 42.2 Å². The standard InChI is InChI=1S/C15H12N4O2.C8H7F5N2O.C8H8N2O2.CH4.2ClH/c1-11-2-6-13(7-3-11)18-10-16-15(17-18)12-4-8-14(9-5-12)19(20)21;9-7(10,11)8(12,13)16-6-3-1-5(15-14)2-4-6;1-6(9)7-2-4-8(5-3-7)10(11)12;;;/h2-10H,1H3;1-4,15H,14H2;2-5,9H,1H3;1H4;2*1H. The third kappa shape index (κ3) is 13.2. The molecule has 5 aromatic rings. The number of nitrogen functional groups attached to an aromatic ring is 1. The molecule has 0 saturated carbocycles. The summed E-state index contributed by atoms with van der Waals surface area (Å²) in [6, 6.07) is 24.5. The fourth-order valence-electron chi connectivity index (χ4n) is 3.62. The van der Waals surface area contributed by atoms with Gasteiger partial charge in [0.25, 0.3) is 11.4 Å². The summed E-state index contributed by atoms with van der Waals surface area (Å²) >= 11 is 0. The van der Waals surface area contributed by atoms with Gasteiger partial charge in [0.15, 0.2) is 11.5 Å². The average molecular weight is 776 g/mol. The van der Waals surface area contributed by atoms with E-state index >= 15 is 0 Å². The van der Waals surface area contributed by atoms with Crippen molar-refractivity contribution in [2.45, 2.75) is 33.6 Å². The van der Waals surface area contributed by atoms with Crippen molar-refractivity contribution in [1.82, 2.24) is 14.8 Å². The molecule has 0 atom stereocenters. The smallest absolute Gasteiger partial charge is 0.499 e. The van der Waals surface area contributed by atoms with Crippen molar-refractivity contribution in [1.29, 1.82) is 0 Å². The first-order valence-electron chi connectivity index (χ1n) is 13.8. The molecule has 0 aliphatic rings. The van der Waals surface area contributed by atoms with E-state index in [4.69, 9.17) is 11.3 Å². The fraction of sp³-hybridized carbons (Fsp3) is 0.156. The van der Waals surface area contributed by atoms with Gasteiger partial charge in [-0.05, 0) is 67.6 Å². The highest BCUT2D eigenvalue weighted by Crippen LogP contribution is 2.37. The van der Waals surface area contributed by atoms with E-state index in [1.54, 1.807) is 42.2 Å². The minimum absolute atomic E-state index is 0. The number of anilines is 1. The lowest BCUT2D eigenvalue weighted by Crippen LogP contribution is -3.00. The molecule has 13 nitrogen and oxygen atoms in total. The number of nitro benzene ring substituents is 2. The maximum absolute atomic E-state index is 12.4. The van der Waals surface area contributed by atoms with E-state index in [2.05, 4.69) is 20.2 Å². The zero-order valence-corrected chi connectivity index (χ0v) is 28.0. The molecule has 1 aromatic heterocycles. The fourth-order valence-corrected chi connectivity index (χ4v) is 3.62. The van der Waals surface area contributed by atoms with Gasteiger partial charge in [-0.1, -0.05) is 25.1 Å². The van der Waals surface area contributed by atoms with Crippen LogP contribution in [0.3, 0.4) is 0 Å². The molecule has 280 valence electrons. The van der Waals surface area contributed by atoms with Crippen LogP contribution in [0.1, 0.15) is 25.5 Å². The normalized spacial score (nSPS) is 10.2. The number of benzene rings is 4. The van der Waals surface area contributed by atoms with Crippen LogP contribution in [0, 0.1) is 27.2 Å². The number of non-ortho nitro benzene ring substituents is 2.